The summed E-state index contributed by atoms with van der Waals surface area (Å²) in [7, 11) is 0. The lowest BCUT2D eigenvalue weighted by Gasteiger charge is -2.17. The maximum absolute atomic E-state index is 13.0. The number of carboxylic acids is 1. The van der Waals surface area contributed by atoms with E-state index in [1.807, 2.05) is 55.5 Å². The summed E-state index contributed by atoms with van der Waals surface area (Å²) in [5.41, 5.74) is 2.33. The fourth-order valence-corrected chi connectivity index (χ4v) is 3.15. The van der Waals surface area contributed by atoms with E-state index in [0.29, 0.717) is 16.8 Å². The lowest BCUT2D eigenvalue weighted by atomic mass is 9.94. The van der Waals surface area contributed by atoms with Gasteiger partial charge in [-0.05, 0) is 35.4 Å². The van der Waals surface area contributed by atoms with Gasteiger partial charge in [-0.25, -0.2) is 4.79 Å². The third-order valence-corrected chi connectivity index (χ3v) is 4.66. The molecule has 1 amide bonds. The Bertz CT molecular complexity index is 1100. The molecule has 1 atom stereocenters. The summed E-state index contributed by atoms with van der Waals surface area (Å²) < 4.78 is 5.15. The summed E-state index contributed by atoms with van der Waals surface area (Å²) in [6, 6.07) is 20.6. The Morgan fingerprint density at radius 1 is 1.14 bits per heavy atom. The molecule has 3 aromatic carbocycles. The van der Waals surface area contributed by atoms with Crippen LogP contribution in [0.2, 0.25) is 0 Å². The van der Waals surface area contributed by atoms with Crippen LogP contribution in [0.4, 0.5) is 5.69 Å². The van der Waals surface area contributed by atoms with E-state index in [4.69, 9.17) is 15.1 Å². The number of fused-ring (bicyclic) bond motifs is 1. The summed E-state index contributed by atoms with van der Waals surface area (Å²) in [6.45, 7) is 1.39. The number of carboxylic acid groups (broad SMARTS) is 1. The first-order valence-electron chi connectivity index (χ1n) is 9.10. The molecule has 1 unspecified atom stereocenters. The second-order valence-electron chi connectivity index (χ2n) is 6.65. The van der Waals surface area contributed by atoms with E-state index in [-0.39, 0.29) is 12.5 Å². The molecule has 0 heterocycles. The maximum atomic E-state index is 13.0. The highest BCUT2D eigenvalue weighted by molar-refractivity contribution is 5.99. The number of amides is 1. The summed E-state index contributed by atoms with van der Waals surface area (Å²) in [6.07, 6.45) is 0. The molecule has 6 heteroatoms. The fraction of sp³-hybridized carbons (Fsp3) is 0.174. The highest BCUT2D eigenvalue weighted by atomic mass is 16.5. The van der Waals surface area contributed by atoms with Crippen molar-refractivity contribution in [2.75, 3.05) is 11.9 Å². The van der Waals surface area contributed by atoms with Gasteiger partial charge in [0, 0.05) is 11.3 Å². The first-order valence-corrected chi connectivity index (χ1v) is 9.10. The summed E-state index contributed by atoms with van der Waals surface area (Å²) in [5.74, 6) is -1.73. The number of hydrogen-bond acceptors (Lipinski definition) is 4. The summed E-state index contributed by atoms with van der Waals surface area (Å²) in [4.78, 5) is 23.6. The fourth-order valence-electron chi connectivity index (χ4n) is 3.15. The molecule has 0 spiro atoms. The average molecular weight is 388 g/mol. The molecule has 0 aliphatic rings. The lowest BCUT2D eigenvalue weighted by molar-refractivity contribution is -0.142. The van der Waals surface area contributed by atoms with Crippen LogP contribution in [0.5, 0.6) is 0 Å². The standard InChI is InChI=1S/C23H20N2O4/c1-15(19-8-4-6-17-5-2-3-7-20(17)19)23(28)25-21-11-16(12-24)9-10-18(21)13-29-14-22(26)27/h2-11,15H,13-14H2,1H3,(H,25,28)(H,26,27). The molecule has 0 fully saturated rings. The molecule has 0 aliphatic heterocycles. The molecule has 0 saturated heterocycles. The molecule has 0 radical (unpaired) electrons. The predicted octanol–water partition coefficient (Wildman–Crippen LogP) is 4.05. The minimum Gasteiger partial charge on any atom is -0.480 e. The summed E-state index contributed by atoms with van der Waals surface area (Å²) >= 11 is 0. The number of ether oxygens (including phenoxy) is 1. The number of nitrogens with one attached hydrogen (secondary N) is 1. The van der Waals surface area contributed by atoms with Gasteiger partial charge in [0.25, 0.3) is 0 Å². The van der Waals surface area contributed by atoms with Crippen LogP contribution in [-0.2, 0) is 20.9 Å². The first kappa shape index (κ1) is 20.1. The maximum Gasteiger partial charge on any atom is 0.329 e. The van der Waals surface area contributed by atoms with E-state index in [1.54, 1.807) is 18.2 Å². The third kappa shape index (κ3) is 4.78. The third-order valence-electron chi connectivity index (χ3n) is 4.66. The van der Waals surface area contributed by atoms with Gasteiger partial charge in [-0.3, -0.25) is 4.79 Å². The Hall–Kier alpha value is -3.69. The Balaban J connectivity index is 1.85. The second kappa shape index (κ2) is 9.00. The number of carbonyl (C=O) groups is 2. The van der Waals surface area contributed by atoms with Crippen molar-refractivity contribution in [3.8, 4) is 6.07 Å². The van der Waals surface area contributed by atoms with Crippen molar-refractivity contribution < 1.29 is 19.4 Å². The summed E-state index contributed by atoms with van der Waals surface area (Å²) in [5, 5.41) is 22.8. The molecule has 3 rings (SSSR count). The molecular formula is C23H20N2O4. The highest BCUT2D eigenvalue weighted by Crippen LogP contribution is 2.27. The molecular weight excluding hydrogens is 368 g/mol. The van der Waals surface area contributed by atoms with Crippen LogP contribution in [0.1, 0.15) is 29.5 Å². The van der Waals surface area contributed by atoms with Crippen molar-refractivity contribution in [2.45, 2.75) is 19.4 Å². The first-order chi connectivity index (χ1) is 14.0. The minimum atomic E-state index is -1.08. The number of nitriles is 1. The van der Waals surface area contributed by atoms with Gasteiger partial charge < -0.3 is 15.2 Å². The Kier molecular flexibility index (Phi) is 6.22. The number of carbonyl (C=O) groups excluding carboxylic acids is 1. The number of nitrogens with zero attached hydrogens (tertiary/aromatic N) is 1. The topological polar surface area (TPSA) is 99.4 Å². The smallest absolute Gasteiger partial charge is 0.329 e. The van der Waals surface area contributed by atoms with E-state index in [0.717, 1.165) is 16.3 Å². The van der Waals surface area contributed by atoms with Crippen molar-refractivity contribution in [1.29, 1.82) is 5.26 Å². The molecule has 146 valence electrons. The number of aliphatic carboxylic acids is 1. The van der Waals surface area contributed by atoms with E-state index < -0.39 is 18.5 Å². The van der Waals surface area contributed by atoms with Gasteiger partial charge in [0.05, 0.1) is 24.2 Å². The van der Waals surface area contributed by atoms with Crippen LogP contribution in [0.25, 0.3) is 10.8 Å². The van der Waals surface area contributed by atoms with E-state index in [1.165, 1.54) is 0 Å². The van der Waals surface area contributed by atoms with Crippen LogP contribution in [-0.4, -0.2) is 23.6 Å². The van der Waals surface area contributed by atoms with Gasteiger partial charge in [-0.2, -0.15) is 5.26 Å². The quantitative estimate of drug-likeness (QED) is 0.636. The number of hydrogen-bond donors (Lipinski definition) is 2. The van der Waals surface area contributed by atoms with E-state index in [2.05, 4.69) is 5.32 Å². The van der Waals surface area contributed by atoms with Gasteiger partial charge in [-0.15, -0.1) is 0 Å². The number of benzene rings is 3. The molecule has 6 nitrogen and oxygen atoms in total. The van der Waals surface area contributed by atoms with Crippen LogP contribution in [0.15, 0.2) is 60.7 Å². The zero-order valence-corrected chi connectivity index (χ0v) is 15.9. The zero-order valence-electron chi connectivity index (χ0n) is 15.9. The van der Waals surface area contributed by atoms with Gasteiger partial charge in [0.2, 0.25) is 5.91 Å². The molecule has 2 N–H and O–H groups in total. The molecule has 0 aliphatic carbocycles. The molecule has 29 heavy (non-hydrogen) atoms. The SMILES string of the molecule is CC(C(=O)Nc1cc(C#N)ccc1COCC(=O)O)c1cccc2ccccc12. The Labute approximate surface area is 168 Å². The van der Waals surface area contributed by atoms with Crippen molar-refractivity contribution in [1.82, 2.24) is 0 Å². The van der Waals surface area contributed by atoms with Crippen molar-refractivity contribution >= 4 is 28.3 Å². The number of rotatable bonds is 7. The number of anilines is 1. The van der Waals surface area contributed by atoms with Crippen LogP contribution >= 0.6 is 0 Å². The Morgan fingerprint density at radius 3 is 2.66 bits per heavy atom. The van der Waals surface area contributed by atoms with Gasteiger partial charge >= 0.3 is 5.97 Å². The Morgan fingerprint density at radius 2 is 1.90 bits per heavy atom. The van der Waals surface area contributed by atoms with Crippen molar-refractivity contribution in [3.05, 3.63) is 77.4 Å². The van der Waals surface area contributed by atoms with Crippen LogP contribution < -0.4 is 5.32 Å². The monoisotopic (exact) mass is 388 g/mol. The zero-order chi connectivity index (χ0) is 20.8. The largest absolute Gasteiger partial charge is 0.480 e. The molecule has 0 aromatic heterocycles. The molecule has 0 saturated carbocycles. The lowest BCUT2D eigenvalue weighted by Crippen LogP contribution is -2.20. The predicted molar refractivity (Wildman–Crippen MR) is 109 cm³/mol. The minimum absolute atomic E-state index is 0.0102. The highest BCUT2D eigenvalue weighted by Gasteiger charge is 2.19. The van der Waals surface area contributed by atoms with Crippen molar-refractivity contribution in [3.63, 3.8) is 0 Å². The van der Waals surface area contributed by atoms with Crippen molar-refractivity contribution in [2.24, 2.45) is 0 Å². The van der Waals surface area contributed by atoms with Gasteiger partial charge in [0.15, 0.2) is 0 Å². The molecule has 3 aromatic rings. The van der Waals surface area contributed by atoms with E-state index in [9.17, 15) is 9.59 Å². The van der Waals surface area contributed by atoms with Gasteiger partial charge in [-0.1, -0.05) is 48.5 Å². The second-order valence-corrected chi connectivity index (χ2v) is 6.65. The molecule has 0 bridgehead atoms. The van der Waals surface area contributed by atoms with Crippen LogP contribution in [0.3, 0.4) is 0 Å². The van der Waals surface area contributed by atoms with E-state index >= 15 is 0 Å². The van der Waals surface area contributed by atoms with Gasteiger partial charge in [0.1, 0.15) is 6.61 Å². The normalized spacial score (nSPS) is 11.6. The van der Waals surface area contributed by atoms with Crippen LogP contribution in [0, 0.1) is 11.3 Å². The average Bonchev–Trinajstić information content (AvgIpc) is 2.73.